The summed E-state index contributed by atoms with van der Waals surface area (Å²) in [7, 11) is 0. The van der Waals surface area contributed by atoms with E-state index in [2.05, 4.69) is 0 Å². The third-order valence-electron chi connectivity index (χ3n) is 2.52. The lowest BCUT2D eigenvalue weighted by atomic mass is 10.3. The quantitative estimate of drug-likeness (QED) is 0.590. The van der Waals surface area contributed by atoms with Gasteiger partial charge in [-0.15, -0.1) is 0 Å². The number of piperidine rings is 1. The van der Waals surface area contributed by atoms with Crippen LogP contribution in [0.15, 0.2) is 0 Å². The topological polar surface area (TPSA) is 63.4 Å². The highest BCUT2D eigenvalue weighted by atomic mass is 19.4. The van der Waals surface area contributed by atoms with Crippen LogP contribution in [0, 0.1) is 11.8 Å². The minimum absolute atomic E-state index is 0.249. The van der Waals surface area contributed by atoms with Gasteiger partial charge in [0.2, 0.25) is 11.8 Å². The van der Waals surface area contributed by atoms with Gasteiger partial charge in [0.1, 0.15) is 6.54 Å². The molecule has 2 unspecified atom stereocenters. The van der Waals surface area contributed by atoms with Crippen molar-refractivity contribution in [2.45, 2.75) is 12.2 Å². The van der Waals surface area contributed by atoms with Gasteiger partial charge in [0, 0.05) is 6.04 Å². The molecule has 1 aliphatic heterocycles. The van der Waals surface area contributed by atoms with Crippen molar-refractivity contribution in [3.63, 3.8) is 0 Å². The molecule has 0 aromatic heterocycles. The van der Waals surface area contributed by atoms with Crippen LogP contribution < -0.4 is 5.73 Å². The fourth-order valence-electron chi connectivity index (χ4n) is 1.77. The molecule has 1 heterocycles. The highest BCUT2D eigenvalue weighted by Gasteiger charge is 2.66. The Morgan fingerprint density at radius 3 is 2.00 bits per heavy atom. The molecule has 14 heavy (non-hydrogen) atoms. The van der Waals surface area contributed by atoms with Crippen molar-refractivity contribution in [2.75, 3.05) is 6.54 Å². The van der Waals surface area contributed by atoms with E-state index in [0.29, 0.717) is 0 Å². The number of carbonyl (C=O) groups is 2. The van der Waals surface area contributed by atoms with Crippen molar-refractivity contribution < 1.29 is 22.8 Å². The molecular weight excluding hydrogens is 201 g/mol. The van der Waals surface area contributed by atoms with Crippen molar-refractivity contribution >= 4 is 11.8 Å². The van der Waals surface area contributed by atoms with Gasteiger partial charge in [0.05, 0.1) is 11.8 Å². The summed E-state index contributed by atoms with van der Waals surface area (Å²) in [4.78, 5) is 22.6. The Kier molecular flexibility index (Phi) is 1.67. The molecule has 1 aliphatic carbocycles. The van der Waals surface area contributed by atoms with E-state index in [1.54, 1.807) is 0 Å². The molecule has 2 N–H and O–H groups in total. The molecule has 4 nitrogen and oxygen atoms in total. The fourth-order valence-corrected chi connectivity index (χ4v) is 1.77. The summed E-state index contributed by atoms with van der Waals surface area (Å²) in [5.41, 5.74) is 5.33. The van der Waals surface area contributed by atoms with E-state index in [0.717, 1.165) is 0 Å². The first-order valence-corrected chi connectivity index (χ1v) is 4.00. The number of carbonyl (C=O) groups excluding carboxylic acids is 2. The minimum Gasteiger partial charge on any atom is -0.326 e. The zero-order valence-corrected chi connectivity index (χ0v) is 6.91. The second-order valence-corrected chi connectivity index (χ2v) is 3.51. The molecule has 2 rings (SSSR count). The lowest BCUT2D eigenvalue weighted by Crippen LogP contribution is -2.43. The Hall–Kier alpha value is -1.11. The summed E-state index contributed by atoms with van der Waals surface area (Å²) >= 11 is 0. The average molecular weight is 208 g/mol. The molecule has 2 atom stereocenters. The smallest absolute Gasteiger partial charge is 0.326 e. The summed E-state index contributed by atoms with van der Waals surface area (Å²) in [5.74, 6) is -2.98. The normalized spacial score (nSPS) is 36.3. The molecule has 2 fully saturated rings. The highest BCUT2D eigenvalue weighted by Crippen LogP contribution is 2.46. The number of nitrogens with two attached hydrogens (primary N) is 1. The number of imide groups is 1. The van der Waals surface area contributed by atoms with Crippen LogP contribution >= 0.6 is 0 Å². The van der Waals surface area contributed by atoms with Gasteiger partial charge in [-0.1, -0.05) is 0 Å². The van der Waals surface area contributed by atoms with E-state index in [9.17, 15) is 22.8 Å². The number of nitrogens with zero attached hydrogens (tertiary/aromatic N) is 1. The first-order chi connectivity index (χ1) is 6.33. The van der Waals surface area contributed by atoms with E-state index < -0.39 is 42.4 Å². The van der Waals surface area contributed by atoms with Gasteiger partial charge in [0.25, 0.3) is 0 Å². The van der Waals surface area contributed by atoms with Gasteiger partial charge < -0.3 is 5.73 Å². The molecule has 0 aromatic rings. The molecular formula is C7H7F3N2O2. The summed E-state index contributed by atoms with van der Waals surface area (Å²) in [6, 6.07) is -0.570. The Labute approximate surface area is 76.8 Å². The zero-order chi connectivity index (χ0) is 10.7. The minimum atomic E-state index is -4.54. The Morgan fingerprint density at radius 1 is 1.21 bits per heavy atom. The second-order valence-electron chi connectivity index (χ2n) is 3.51. The van der Waals surface area contributed by atoms with Crippen molar-refractivity contribution in [3.8, 4) is 0 Å². The summed E-state index contributed by atoms with van der Waals surface area (Å²) in [5, 5.41) is 0. The van der Waals surface area contributed by atoms with Crippen LogP contribution in [-0.4, -0.2) is 35.5 Å². The molecule has 2 amide bonds. The van der Waals surface area contributed by atoms with E-state index >= 15 is 0 Å². The summed E-state index contributed by atoms with van der Waals surface area (Å²) < 4.78 is 35.7. The Morgan fingerprint density at radius 2 is 1.64 bits per heavy atom. The third kappa shape index (κ3) is 1.19. The maximum Gasteiger partial charge on any atom is 0.406 e. The maximum absolute atomic E-state index is 11.9. The number of amides is 2. The molecule has 7 heteroatoms. The summed E-state index contributed by atoms with van der Waals surface area (Å²) in [6.45, 7) is -1.50. The van der Waals surface area contributed by atoms with E-state index in [-0.39, 0.29) is 4.90 Å². The zero-order valence-electron chi connectivity index (χ0n) is 6.91. The third-order valence-corrected chi connectivity index (χ3v) is 2.52. The number of likely N-dealkylation sites (tertiary alicyclic amines) is 1. The average Bonchev–Trinajstić information content (AvgIpc) is 2.61. The van der Waals surface area contributed by atoms with Crippen LogP contribution in [0.25, 0.3) is 0 Å². The lowest BCUT2D eigenvalue weighted by molar-refractivity contribution is -0.167. The van der Waals surface area contributed by atoms with Gasteiger partial charge in [-0.2, -0.15) is 13.2 Å². The van der Waals surface area contributed by atoms with E-state index in [1.165, 1.54) is 0 Å². The second kappa shape index (κ2) is 2.47. The van der Waals surface area contributed by atoms with Crippen molar-refractivity contribution in [1.29, 1.82) is 0 Å². The van der Waals surface area contributed by atoms with Crippen LogP contribution in [0.1, 0.15) is 0 Å². The van der Waals surface area contributed by atoms with Gasteiger partial charge in [-0.05, 0) is 0 Å². The molecule has 78 valence electrons. The van der Waals surface area contributed by atoms with Crippen LogP contribution in [-0.2, 0) is 9.59 Å². The molecule has 2 aliphatic rings. The van der Waals surface area contributed by atoms with Gasteiger partial charge in [-0.3, -0.25) is 14.5 Å². The lowest BCUT2D eigenvalue weighted by Gasteiger charge is -2.18. The van der Waals surface area contributed by atoms with Gasteiger partial charge in [-0.25, -0.2) is 0 Å². The molecule has 0 spiro atoms. The first kappa shape index (κ1) is 9.45. The van der Waals surface area contributed by atoms with Crippen LogP contribution in [0.5, 0.6) is 0 Å². The number of hydrogen-bond donors (Lipinski definition) is 1. The van der Waals surface area contributed by atoms with E-state index in [4.69, 9.17) is 5.73 Å². The number of alkyl halides is 3. The largest absolute Gasteiger partial charge is 0.406 e. The summed E-state index contributed by atoms with van der Waals surface area (Å²) in [6.07, 6.45) is -4.54. The number of hydrogen-bond acceptors (Lipinski definition) is 3. The molecule has 1 saturated heterocycles. The van der Waals surface area contributed by atoms with Gasteiger partial charge in [0.15, 0.2) is 0 Å². The maximum atomic E-state index is 11.9. The van der Waals surface area contributed by atoms with E-state index in [1.807, 2.05) is 0 Å². The monoisotopic (exact) mass is 208 g/mol. The molecule has 1 saturated carbocycles. The van der Waals surface area contributed by atoms with Crippen LogP contribution in [0.4, 0.5) is 13.2 Å². The molecule has 0 bridgehead atoms. The predicted molar refractivity (Wildman–Crippen MR) is 37.7 cm³/mol. The standard InChI is InChI=1S/C7H7F3N2O2/c8-7(9,10)1-12-5(13)2-3(4(2)11)6(12)14/h2-4H,1,11H2. The predicted octanol–water partition coefficient (Wildman–Crippen LogP) is -0.509. The Bertz CT molecular complexity index is 293. The number of rotatable bonds is 1. The Balaban J connectivity index is 2.10. The number of fused-ring (bicyclic) bond motifs is 1. The highest BCUT2D eigenvalue weighted by molar-refractivity contribution is 6.10. The van der Waals surface area contributed by atoms with Crippen LogP contribution in [0.3, 0.4) is 0 Å². The van der Waals surface area contributed by atoms with Crippen LogP contribution in [0.2, 0.25) is 0 Å². The van der Waals surface area contributed by atoms with Crippen molar-refractivity contribution in [3.05, 3.63) is 0 Å². The van der Waals surface area contributed by atoms with Gasteiger partial charge >= 0.3 is 6.18 Å². The SMILES string of the molecule is NC1C2C(=O)N(CC(F)(F)F)C(=O)C12. The molecule has 0 radical (unpaired) electrons. The fraction of sp³-hybridized carbons (Fsp3) is 0.714. The van der Waals surface area contributed by atoms with Crippen molar-refractivity contribution in [1.82, 2.24) is 4.90 Å². The van der Waals surface area contributed by atoms with Crippen molar-refractivity contribution in [2.24, 2.45) is 17.6 Å². The first-order valence-electron chi connectivity index (χ1n) is 4.00. The molecule has 0 aromatic carbocycles. The number of halogens is 3.